The number of ether oxygens (including phenoxy) is 1. The van der Waals surface area contributed by atoms with Gasteiger partial charge in [-0.25, -0.2) is 8.42 Å². The van der Waals surface area contributed by atoms with E-state index in [2.05, 4.69) is 10.1 Å². The van der Waals surface area contributed by atoms with E-state index in [4.69, 9.17) is 0 Å². The van der Waals surface area contributed by atoms with Gasteiger partial charge >= 0.3 is 5.97 Å². The van der Waals surface area contributed by atoms with Gasteiger partial charge in [0.25, 0.3) is 0 Å². The van der Waals surface area contributed by atoms with Crippen molar-refractivity contribution in [2.75, 3.05) is 19.4 Å². The van der Waals surface area contributed by atoms with E-state index in [1.165, 1.54) is 14.0 Å². The molecule has 106 valence electrons. The number of rotatable bonds is 7. The van der Waals surface area contributed by atoms with Crippen LogP contribution >= 0.6 is 0 Å². The number of hydrogen-bond donors (Lipinski definition) is 1. The van der Waals surface area contributed by atoms with Crippen molar-refractivity contribution >= 4 is 21.7 Å². The van der Waals surface area contributed by atoms with Gasteiger partial charge in [-0.15, -0.1) is 0 Å². The van der Waals surface area contributed by atoms with Crippen LogP contribution in [0.2, 0.25) is 0 Å². The van der Waals surface area contributed by atoms with E-state index >= 15 is 0 Å². The minimum Gasteiger partial charge on any atom is -0.469 e. The summed E-state index contributed by atoms with van der Waals surface area (Å²) in [5.74, 6) is -1.49. The van der Waals surface area contributed by atoms with E-state index in [0.29, 0.717) is 6.54 Å². The maximum Gasteiger partial charge on any atom is 0.306 e. The lowest BCUT2D eigenvalue weighted by atomic mass is 10.2. The quantitative estimate of drug-likeness (QED) is 0.669. The van der Waals surface area contributed by atoms with Crippen LogP contribution in [-0.4, -0.2) is 45.0 Å². The fourth-order valence-corrected chi connectivity index (χ4v) is 2.28. The summed E-state index contributed by atoms with van der Waals surface area (Å²) in [6.07, 6.45) is -0.240. The lowest BCUT2D eigenvalue weighted by Gasteiger charge is -2.12. The zero-order chi connectivity index (χ0) is 14.3. The van der Waals surface area contributed by atoms with Crippen LogP contribution in [0.25, 0.3) is 0 Å². The molecule has 0 aliphatic rings. The Balaban J connectivity index is 4.37. The number of amides is 1. The molecule has 0 aromatic rings. The standard InChI is InChI=1S/C11H21NO5S/c1-8(2)6-12-10(13)7-18(15,16)9(3)5-11(14)17-4/h8-9H,5-7H2,1-4H3,(H,12,13). The number of methoxy groups -OCH3 is 1. The average molecular weight is 279 g/mol. The number of hydrogen-bond acceptors (Lipinski definition) is 5. The topological polar surface area (TPSA) is 89.5 Å². The molecule has 1 unspecified atom stereocenters. The number of carbonyl (C=O) groups is 2. The summed E-state index contributed by atoms with van der Waals surface area (Å²) in [7, 11) is -2.43. The van der Waals surface area contributed by atoms with Crippen LogP contribution in [-0.2, 0) is 24.2 Å². The van der Waals surface area contributed by atoms with Gasteiger partial charge in [0.15, 0.2) is 9.84 Å². The lowest BCUT2D eigenvalue weighted by molar-refractivity contribution is -0.140. The van der Waals surface area contributed by atoms with E-state index < -0.39 is 32.7 Å². The summed E-state index contributed by atoms with van der Waals surface area (Å²) in [5.41, 5.74) is 0. The summed E-state index contributed by atoms with van der Waals surface area (Å²) >= 11 is 0. The summed E-state index contributed by atoms with van der Waals surface area (Å²) in [4.78, 5) is 22.4. The Morgan fingerprint density at radius 3 is 2.22 bits per heavy atom. The van der Waals surface area contributed by atoms with E-state index in [0.717, 1.165) is 0 Å². The molecule has 0 fully saturated rings. The molecular formula is C11H21NO5S. The molecule has 1 amide bonds. The van der Waals surface area contributed by atoms with Crippen molar-refractivity contribution < 1.29 is 22.7 Å². The van der Waals surface area contributed by atoms with Gasteiger partial charge in [0, 0.05) is 6.54 Å². The van der Waals surface area contributed by atoms with Crippen LogP contribution in [0.3, 0.4) is 0 Å². The van der Waals surface area contributed by atoms with Crippen molar-refractivity contribution in [2.45, 2.75) is 32.4 Å². The highest BCUT2D eigenvalue weighted by Gasteiger charge is 2.26. The molecule has 6 nitrogen and oxygen atoms in total. The van der Waals surface area contributed by atoms with Gasteiger partial charge in [-0.1, -0.05) is 13.8 Å². The minimum absolute atomic E-state index is 0.240. The molecule has 0 saturated carbocycles. The second-order valence-electron chi connectivity index (χ2n) is 4.60. The second kappa shape index (κ2) is 7.35. The first-order valence-electron chi connectivity index (χ1n) is 5.74. The fraction of sp³-hybridized carbons (Fsp3) is 0.818. The zero-order valence-corrected chi connectivity index (χ0v) is 12.0. The molecule has 0 aromatic heterocycles. The van der Waals surface area contributed by atoms with Gasteiger partial charge in [-0.05, 0) is 12.8 Å². The third kappa shape index (κ3) is 6.58. The van der Waals surface area contributed by atoms with Gasteiger partial charge in [-0.3, -0.25) is 9.59 Å². The van der Waals surface area contributed by atoms with E-state index in [9.17, 15) is 18.0 Å². The Labute approximate surface area is 108 Å². The van der Waals surface area contributed by atoms with Gasteiger partial charge < -0.3 is 10.1 Å². The molecule has 0 bridgehead atoms. The van der Waals surface area contributed by atoms with E-state index in [1.54, 1.807) is 0 Å². The summed E-state index contributed by atoms with van der Waals surface area (Å²) in [5, 5.41) is 1.60. The Kier molecular flexibility index (Phi) is 6.90. The predicted octanol–water partition coefficient (Wildman–Crippen LogP) is 0.125. The molecule has 0 heterocycles. The fourth-order valence-electron chi connectivity index (χ4n) is 1.14. The van der Waals surface area contributed by atoms with Gasteiger partial charge in [-0.2, -0.15) is 0 Å². The van der Waals surface area contributed by atoms with E-state index in [-0.39, 0.29) is 12.3 Å². The monoisotopic (exact) mass is 279 g/mol. The molecule has 0 aliphatic heterocycles. The van der Waals surface area contributed by atoms with Crippen LogP contribution in [0, 0.1) is 5.92 Å². The molecule has 1 N–H and O–H groups in total. The van der Waals surface area contributed by atoms with Gasteiger partial charge in [0.05, 0.1) is 18.8 Å². The highest BCUT2D eigenvalue weighted by Crippen LogP contribution is 2.07. The Bertz CT molecular complexity index is 388. The van der Waals surface area contributed by atoms with Crippen molar-refractivity contribution in [2.24, 2.45) is 5.92 Å². The van der Waals surface area contributed by atoms with Crippen molar-refractivity contribution in [1.82, 2.24) is 5.32 Å². The summed E-state index contributed by atoms with van der Waals surface area (Å²) in [6, 6.07) is 0. The van der Waals surface area contributed by atoms with Crippen molar-refractivity contribution in [3.8, 4) is 0 Å². The zero-order valence-electron chi connectivity index (χ0n) is 11.2. The van der Waals surface area contributed by atoms with Crippen molar-refractivity contribution in [1.29, 1.82) is 0 Å². The maximum absolute atomic E-state index is 11.8. The molecule has 0 aliphatic carbocycles. The van der Waals surface area contributed by atoms with Crippen LogP contribution < -0.4 is 5.32 Å². The van der Waals surface area contributed by atoms with Gasteiger partial charge in [0.2, 0.25) is 5.91 Å². The first kappa shape index (κ1) is 16.9. The molecule has 0 saturated heterocycles. The van der Waals surface area contributed by atoms with Crippen molar-refractivity contribution in [3.63, 3.8) is 0 Å². The number of nitrogens with one attached hydrogen (secondary N) is 1. The SMILES string of the molecule is COC(=O)CC(C)S(=O)(=O)CC(=O)NCC(C)C. The number of carbonyl (C=O) groups excluding carboxylic acids is 2. The molecule has 0 radical (unpaired) electrons. The lowest BCUT2D eigenvalue weighted by Crippen LogP contribution is -2.36. The third-order valence-corrected chi connectivity index (χ3v) is 4.39. The highest BCUT2D eigenvalue weighted by atomic mass is 32.2. The summed E-state index contributed by atoms with van der Waals surface area (Å²) < 4.78 is 27.9. The number of esters is 1. The van der Waals surface area contributed by atoms with Crippen LogP contribution in [0.5, 0.6) is 0 Å². The molecule has 18 heavy (non-hydrogen) atoms. The Hall–Kier alpha value is -1.11. The van der Waals surface area contributed by atoms with Gasteiger partial charge in [0.1, 0.15) is 5.75 Å². The summed E-state index contributed by atoms with van der Waals surface area (Å²) in [6.45, 7) is 5.64. The van der Waals surface area contributed by atoms with Crippen LogP contribution in [0.1, 0.15) is 27.2 Å². The minimum atomic E-state index is -3.63. The Morgan fingerprint density at radius 2 is 1.78 bits per heavy atom. The smallest absolute Gasteiger partial charge is 0.306 e. The normalized spacial score (nSPS) is 13.2. The first-order chi connectivity index (χ1) is 8.19. The van der Waals surface area contributed by atoms with Crippen molar-refractivity contribution in [3.05, 3.63) is 0 Å². The van der Waals surface area contributed by atoms with Crippen LogP contribution in [0.15, 0.2) is 0 Å². The molecular weight excluding hydrogens is 258 g/mol. The average Bonchev–Trinajstić information content (AvgIpc) is 2.25. The first-order valence-corrected chi connectivity index (χ1v) is 7.45. The predicted molar refractivity (Wildman–Crippen MR) is 67.7 cm³/mol. The van der Waals surface area contributed by atoms with Crippen LogP contribution in [0.4, 0.5) is 0 Å². The molecule has 7 heteroatoms. The Morgan fingerprint density at radius 1 is 1.22 bits per heavy atom. The number of sulfone groups is 1. The second-order valence-corrected chi connectivity index (χ2v) is 7.02. The molecule has 0 rings (SSSR count). The van der Waals surface area contributed by atoms with E-state index in [1.807, 2.05) is 13.8 Å². The molecule has 0 spiro atoms. The third-order valence-electron chi connectivity index (χ3n) is 2.33. The maximum atomic E-state index is 11.8. The molecule has 1 atom stereocenters. The highest BCUT2D eigenvalue weighted by molar-refractivity contribution is 7.92. The largest absolute Gasteiger partial charge is 0.469 e. The molecule has 0 aromatic carbocycles.